The van der Waals surface area contributed by atoms with Crippen LogP contribution in [0.25, 0.3) is 10.2 Å². The lowest BCUT2D eigenvalue weighted by atomic mass is 10.2. The smallest absolute Gasteiger partial charge is 0.266 e. The van der Waals surface area contributed by atoms with E-state index in [0.717, 1.165) is 21.7 Å². The van der Waals surface area contributed by atoms with Crippen LogP contribution in [-0.2, 0) is 7.05 Å². The molecule has 0 fully saturated rings. The number of hydrogen-bond acceptors (Lipinski definition) is 5. The number of aromatic nitrogens is 2. The monoisotopic (exact) mass is 312 g/mol. The van der Waals surface area contributed by atoms with Crippen molar-refractivity contribution in [3.63, 3.8) is 0 Å². The molecular weight excluding hydrogens is 292 g/mol. The van der Waals surface area contributed by atoms with Gasteiger partial charge in [-0.3, -0.25) is 9.48 Å². The summed E-state index contributed by atoms with van der Waals surface area (Å²) in [6.45, 7) is 3.96. The van der Waals surface area contributed by atoms with Crippen LogP contribution in [0.3, 0.4) is 0 Å². The number of carbonyl (C=O) groups is 1. The molecule has 2 aromatic heterocycles. The molecule has 0 aliphatic carbocycles. The third-order valence-electron chi connectivity index (χ3n) is 3.47. The zero-order chi connectivity index (χ0) is 15.0. The SMILES string of the molecule is CSCC(C)N(C)C(=O)c1sc2c(c(C)nn2C)c1N. The summed E-state index contributed by atoms with van der Waals surface area (Å²) in [7, 11) is 3.71. The summed E-state index contributed by atoms with van der Waals surface area (Å²) < 4.78 is 1.79. The van der Waals surface area contributed by atoms with E-state index in [-0.39, 0.29) is 11.9 Å². The second-order valence-corrected chi connectivity index (χ2v) is 6.86. The number of nitrogens with two attached hydrogens (primary N) is 1. The highest BCUT2D eigenvalue weighted by atomic mass is 32.2. The molecule has 2 aromatic rings. The summed E-state index contributed by atoms with van der Waals surface area (Å²) in [4.78, 5) is 15.9. The van der Waals surface area contributed by atoms with E-state index in [1.54, 1.807) is 21.3 Å². The topological polar surface area (TPSA) is 64.2 Å². The first kappa shape index (κ1) is 15.2. The maximum absolute atomic E-state index is 12.6. The van der Waals surface area contributed by atoms with Crippen molar-refractivity contribution in [1.29, 1.82) is 0 Å². The van der Waals surface area contributed by atoms with Gasteiger partial charge in [-0.15, -0.1) is 11.3 Å². The molecule has 2 heterocycles. The lowest BCUT2D eigenvalue weighted by Gasteiger charge is -2.24. The Labute approximate surface area is 127 Å². The van der Waals surface area contributed by atoms with Gasteiger partial charge in [-0.25, -0.2) is 0 Å². The molecule has 7 heteroatoms. The van der Waals surface area contributed by atoms with Gasteiger partial charge in [0.05, 0.1) is 16.8 Å². The van der Waals surface area contributed by atoms with Crippen LogP contribution in [0.4, 0.5) is 5.69 Å². The second-order valence-electron chi connectivity index (χ2n) is 4.95. The highest BCUT2D eigenvalue weighted by molar-refractivity contribution is 7.98. The van der Waals surface area contributed by atoms with Gasteiger partial charge in [0.2, 0.25) is 0 Å². The van der Waals surface area contributed by atoms with Crippen molar-refractivity contribution in [1.82, 2.24) is 14.7 Å². The number of nitrogen functional groups attached to an aromatic ring is 1. The average Bonchev–Trinajstić information content (AvgIpc) is 2.88. The van der Waals surface area contributed by atoms with Crippen LogP contribution in [0.15, 0.2) is 0 Å². The molecule has 0 saturated heterocycles. The number of amides is 1. The minimum atomic E-state index is -0.00958. The summed E-state index contributed by atoms with van der Waals surface area (Å²) in [6, 6.07) is 0.182. The molecule has 1 unspecified atom stereocenters. The Morgan fingerprint density at radius 1 is 1.60 bits per heavy atom. The van der Waals surface area contributed by atoms with Crippen molar-refractivity contribution in [2.24, 2.45) is 7.05 Å². The summed E-state index contributed by atoms with van der Waals surface area (Å²) in [5, 5.41) is 5.25. The van der Waals surface area contributed by atoms with Crippen LogP contribution in [0.5, 0.6) is 0 Å². The van der Waals surface area contributed by atoms with E-state index in [2.05, 4.69) is 5.10 Å². The number of hydrogen-bond donors (Lipinski definition) is 1. The molecule has 2 N–H and O–H groups in total. The molecule has 0 saturated carbocycles. The van der Waals surface area contributed by atoms with Crippen LogP contribution >= 0.6 is 23.1 Å². The van der Waals surface area contributed by atoms with Crippen LogP contribution in [0, 0.1) is 6.92 Å². The first-order valence-electron chi connectivity index (χ1n) is 6.36. The summed E-state index contributed by atoms with van der Waals surface area (Å²) in [5.74, 6) is 0.901. The van der Waals surface area contributed by atoms with Crippen molar-refractivity contribution >= 4 is 44.9 Å². The van der Waals surface area contributed by atoms with E-state index in [4.69, 9.17) is 5.73 Å². The Hall–Kier alpha value is -1.21. The van der Waals surface area contributed by atoms with Crippen LogP contribution < -0.4 is 5.73 Å². The molecule has 0 radical (unpaired) electrons. The highest BCUT2D eigenvalue weighted by Crippen LogP contribution is 2.36. The Balaban J connectivity index is 2.40. The summed E-state index contributed by atoms with van der Waals surface area (Å²) in [6.07, 6.45) is 2.04. The molecule has 1 amide bonds. The molecule has 0 aliphatic rings. The fourth-order valence-electron chi connectivity index (χ4n) is 2.20. The quantitative estimate of drug-likeness (QED) is 0.941. The molecule has 1 atom stereocenters. The third kappa shape index (κ3) is 2.40. The van der Waals surface area contributed by atoms with E-state index in [1.165, 1.54) is 11.3 Å². The fourth-order valence-corrected chi connectivity index (χ4v) is 4.08. The lowest BCUT2D eigenvalue weighted by Crippen LogP contribution is -2.36. The van der Waals surface area contributed by atoms with E-state index in [0.29, 0.717) is 10.6 Å². The maximum Gasteiger partial charge on any atom is 0.266 e. The number of rotatable bonds is 4. The third-order valence-corrected chi connectivity index (χ3v) is 5.54. The van der Waals surface area contributed by atoms with Crippen LogP contribution in [-0.4, -0.2) is 45.7 Å². The van der Waals surface area contributed by atoms with Gasteiger partial charge in [-0.1, -0.05) is 0 Å². The maximum atomic E-state index is 12.6. The molecule has 2 rings (SSSR count). The van der Waals surface area contributed by atoms with Gasteiger partial charge in [-0.2, -0.15) is 16.9 Å². The van der Waals surface area contributed by atoms with Crippen molar-refractivity contribution < 1.29 is 4.79 Å². The van der Waals surface area contributed by atoms with Gasteiger partial charge < -0.3 is 10.6 Å². The lowest BCUT2D eigenvalue weighted by molar-refractivity contribution is 0.0763. The van der Waals surface area contributed by atoms with Gasteiger partial charge >= 0.3 is 0 Å². The summed E-state index contributed by atoms with van der Waals surface area (Å²) >= 11 is 3.15. The molecule has 0 aliphatic heterocycles. The van der Waals surface area contributed by atoms with Gasteiger partial charge in [-0.05, 0) is 20.1 Å². The van der Waals surface area contributed by atoms with Gasteiger partial charge in [0.15, 0.2) is 0 Å². The first-order valence-corrected chi connectivity index (χ1v) is 8.57. The number of carbonyl (C=O) groups excluding carboxylic acids is 1. The fraction of sp³-hybridized carbons (Fsp3) is 0.538. The Bertz CT molecular complexity index is 646. The average molecular weight is 312 g/mol. The van der Waals surface area contributed by atoms with Crippen molar-refractivity contribution in [3.8, 4) is 0 Å². The highest BCUT2D eigenvalue weighted by Gasteiger charge is 2.25. The molecule has 0 spiro atoms. The number of thiophene rings is 1. The van der Waals surface area contributed by atoms with Gasteiger partial charge in [0.25, 0.3) is 5.91 Å². The number of aryl methyl sites for hydroxylation is 2. The van der Waals surface area contributed by atoms with Crippen LogP contribution in [0.2, 0.25) is 0 Å². The van der Waals surface area contributed by atoms with Crippen LogP contribution in [0.1, 0.15) is 22.3 Å². The predicted molar refractivity (Wildman–Crippen MR) is 87.7 cm³/mol. The molecule has 20 heavy (non-hydrogen) atoms. The van der Waals surface area contributed by atoms with E-state index >= 15 is 0 Å². The first-order chi connectivity index (χ1) is 9.38. The number of fused-ring (bicyclic) bond motifs is 1. The van der Waals surface area contributed by atoms with Gasteiger partial charge in [0.1, 0.15) is 9.71 Å². The molecule has 5 nitrogen and oxygen atoms in total. The zero-order valence-electron chi connectivity index (χ0n) is 12.4. The second kappa shape index (κ2) is 5.65. The number of thioether (sulfide) groups is 1. The standard InChI is InChI=1S/C13H20N4OS2/c1-7(6-19-5)16(3)12(18)11-10(14)9-8(2)15-17(4)13(9)20-11/h7H,6,14H2,1-5H3. The molecule has 0 bridgehead atoms. The van der Waals surface area contributed by atoms with Crippen molar-refractivity contribution in [2.45, 2.75) is 19.9 Å². The Morgan fingerprint density at radius 2 is 2.25 bits per heavy atom. The van der Waals surface area contributed by atoms with Crippen molar-refractivity contribution in [3.05, 3.63) is 10.6 Å². The Kier molecular flexibility index (Phi) is 4.29. The largest absolute Gasteiger partial charge is 0.397 e. The number of nitrogens with zero attached hydrogens (tertiary/aromatic N) is 3. The zero-order valence-corrected chi connectivity index (χ0v) is 14.1. The molecule has 0 aromatic carbocycles. The number of anilines is 1. The molecular formula is C13H20N4OS2. The van der Waals surface area contributed by atoms with E-state index < -0.39 is 0 Å². The van der Waals surface area contributed by atoms with E-state index in [1.807, 2.05) is 34.2 Å². The minimum absolute atomic E-state index is 0.00958. The minimum Gasteiger partial charge on any atom is -0.397 e. The van der Waals surface area contributed by atoms with E-state index in [9.17, 15) is 4.79 Å². The summed E-state index contributed by atoms with van der Waals surface area (Å²) in [5.41, 5.74) is 7.60. The molecule has 110 valence electrons. The van der Waals surface area contributed by atoms with Crippen molar-refractivity contribution in [2.75, 3.05) is 24.8 Å². The normalized spacial score (nSPS) is 12.8. The Morgan fingerprint density at radius 3 is 2.80 bits per heavy atom. The predicted octanol–water partition coefficient (Wildman–Crippen LogP) is 2.35. The van der Waals surface area contributed by atoms with Gasteiger partial charge in [0, 0.05) is 25.9 Å².